The van der Waals surface area contributed by atoms with E-state index in [1.54, 1.807) is 0 Å². The predicted octanol–water partition coefficient (Wildman–Crippen LogP) is 0.215. The number of hydrogen-bond donors (Lipinski definition) is 0. The fourth-order valence-electron chi connectivity index (χ4n) is 0.165. The van der Waals surface area contributed by atoms with E-state index in [0.29, 0.717) is 4.24 Å². The molecule has 0 bridgehead atoms. The number of hydrogen-bond acceptors (Lipinski definition) is 2. The SMILES string of the molecule is C=C(S(C)=O)S(C)=O. The van der Waals surface area contributed by atoms with Crippen LogP contribution in [0.15, 0.2) is 10.8 Å². The van der Waals surface area contributed by atoms with Crippen molar-refractivity contribution in [2.24, 2.45) is 0 Å². The lowest BCUT2D eigenvalue weighted by atomic mass is 11.3. The third-order valence-electron chi connectivity index (χ3n) is 0.641. The fraction of sp³-hybridized carbons (Fsp3) is 0.500. The first-order chi connectivity index (χ1) is 3.55. The first kappa shape index (κ1) is 8.04. The van der Waals surface area contributed by atoms with Gasteiger partial charge in [0.1, 0.15) is 0 Å². The Labute approximate surface area is 53.9 Å². The number of rotatable bonds is 2. The zero-order valence-electron chi connectivity index (χ0n) is 4.84. The van der Waals surface area contributed by atoms with Crippen LogP contribution in [0, 0.1) is 0 Å². The van der Waals surface area contributed by atoms with Gasteiger partial charge in [-0.2, -0.15) is 0 Å². The van der Waals surface area contributed by atoms with Crippen LogP contribution in [0.3, 0.4) is 0 Å². The van der Waals surface area contributed by atoms with Gasteiger partial charge < -0.3 is 0 Å². The summed E-state index contributed by atoms with van der Waals surface area (Å²) in [4.78, 5) is 0. The van der Waals surface area contributed by atoms with Crippen molar-refractivity contribution in [3.63, 3.8) is 0 Å². The van der Waals surface area contributed by atoms with Gasteiger partial charge in [0.05, 0.1) is 25.8 Å². The van der Waals surface area contributed by atoms with Crippen molar-refractivity contribution < 1.29 is 8.42 Å². The predicted molar refractivity (Wildman–Crippen MR) is 37.3 cm³/mol. The van der Waals surface area contributed by atoms with Gasteiger partial charge in [0.2, 0.25) is 0 Å². The van der Waals surface area contributed by atoms with Crippen LogP contribution in [-0.4, -0.2) is 20.9 Å². The maximum absolute atomic E-state index is 10.4. The average molecular weight is 152 g/mol. The molecule has 0 rings (SSSR count). The third-order valence-corrected chi connectivity index (χ3v) is 3.33. The molecule has 0 saturated heterocycles. The highest BCUT2D eigenvalue weighted by Gasteiger charge is 2.00. The van der Waals surface area contributed by atoms with Gasteiger partial charge in [-0.1, -0.05) is 6.58 Å². The van der Waals surface area contributed by atoms with Crippen molar-refractivity contribution in [1.29, 1.82) is 0 Å². The summed E-state index contributed by atoms with van der Waals surface area (Å²) in [6.45, 7) is 3.35. The van der Waals surface area contributed by atoms with Gasteiger partial charge in [0, 0.05) is 12.5 Å². The van der Waals surface area contributed by atoms with E-state index in [1.807, 2.05) is 0 Å². The molecule has 0 spiro atoms. The van der Waals surface area contributed by atoms with E-state index in [9.17, 15) is 8.42 Å². The maximum atomic E-state index is 10.4. The summed E-state index contributed by atoms with van der Waals surface area (Å²) in [5, 5.41) is 0. The van der Waals surface area contributed by atoms with Gasteiger partial charge in [0.15, 0.2) is 0 Å². The zero-order chi connectivity index (χ0) is 6.73. The van der Waals surface area contributed by atoms with Crippen LogP contribution in [0.5, 0.6) is 0 Å². The van der Waals surface area contributed by atoms with Crippen molar-refractivity contribution in [2.75, 3.05) is 12.5 Å². The highest BCUT2D eigenvalue weighted by Crippen LogP contribution is 1.97. The van der Waals surface area contributed by atoms with Gasteiger partial charge in [-0.25, -0.2) is 0 Å². The molecule has 0 heterocycles. The van der Waals surface area contributed by atoms with Gasteiger partial charge >= 0.3 is 0 Å². The van der Waals surface area contributed by atoms with Gasteiger partial charge in [-0.3, -0.25) is 8.42 Å². The molecule has 48 valence electrons. The van der Waals surface area contributed by atoms with Crippen molar-refractivity contribution in [1.82, 2.24) is 0 Å². The van der Waals surface area contributed by atoms with Crippen LogP contribution in [0.4, 0.5) is 0 Å². The van der Waals surface area contributed by atoms with Gasteiger partial charge in [-0.05, 0) is 0 Å². The quantitative estimate of drug-likeness (QED) is 0.567. The molecule has 0 aliphatic rings. The van der Waals surface area contributed by atoms with E-state index in [2.05, 4.69) is 6.58 Å². The van der Waals surface area contributed by atoms with Crippen molar-refractivity contribution >= 4 is 21.6 Å². The highest BCUT2D eigenvalue weighted by molar-refractivity contribution is 8.07. The first-order valence-corrected chi connectivity index (χ1v) is 5.03. The molecule has 0 aromatic rings. The van der Waals surface area contributed by atoms with Gasteiger partial charge in [-0.15, -0.1) is 0 Å². The molecular formula is C4H8O2S2. The summed E-state index contributed by atoms with van der Waals surface area (Å²) in [6.07, 6.45) is 2.92. The van der Waals surface area contributed by atoms with Crippen LogP contribution in [0.1, 0.15) is 0 Å². The lowest BCUT2D eigenvalue weighted by Crippen LogP contribution is -1.95. The zero-order valence-corrected chi connectivity index (χ0v) is 6.47. The molecule has 4 heteroatoms. The van der Waals surface area contributed by atoms with Crippen molar-refractivity contribution in [3.05, 3.63) is 10.8 Å². The molecule has 0 radical (unpaired) electrons. The van der Waals surface area contributed by atoms with Crippen LogP contribution < -0.4 is 0 Å². The minimum Gasteiger partial charge on any atom is -0.254 e. The van der Waals surface area contributed by atoms with Crippen LogP contribution in [-0.2, 0) is 21.6 Å². The summed E-state index contributed by atoms with van der Waals surface area (Å²) in [6, 6.07) is 0. The summed E-state index contributed by atoms with van der Waals surface area (Å²) in [7, 11) is -2.27. The largest absolute Gasteiger partial charge is 0.254 e. The summed E-state index contributed by atoms with van der Waals surface area (Å²) in [5.74, 6) is 0. The highest BCUT2D eigenvalue weighted by atomic mass is 32.2. The van der Waals surface area contributed by atoms with E-state index in [-0.39, 0.29) is 0 Å². The topological polar surface area (TPSA) is 34.1 Å². The molecule has 0 N–H and O–H groups in total. The molecule has 0 aliphatic carbocycles. The van der Waals surface area contributed by atoms with Crippen LogP contribution in [0.2, 0.25) is 0 Å². The Balaban J connectivity index is 4.05. The third kappa shape index (κ3) is 2.37. The standard InChI is InChI=1S/C4H8O2S2/c1-4(7(2)5)8(3)6/h1H2,2-3H3. The molecule has 0 aromatic heterocycles. The first-order valence-electron chi connectivity index (χ1n) is 1.91. The van der Waals surface area contributed by atoms with E-state index in [1.165, 1.54) is 12.5 Å². The lowest BCUT2D eigenvalue weighted by Gasteiger charge is -1.91. The normalized spacial score (nSPS) is 17.2. The lowest BCUT2D eigenvalue weighted by molar-refractivity contribution is 0.687. The van der Waals surface area contributed by atoms with Crippen molar-refractivity contribution in [3.8, 4) is 0 Å². The minimum absolute atomic E-state index is 0.296. The van der Waals surface area contributed by atoms with Crippen molar-refractivity contribution in [2.45, 2.75) is 0 Å². The second kappa shape index (κ2) is 3.14. The summed E-state index contributed by atoms with van der Waals surface area (Å²) >= 11 is 0. The monoisotopic (exact) mass is 152 g/mol. The Kier molecular flexibility index (Phi) is 3.16. The maximum Gasteiger partial charge on any atom is 0.0950 e. The molecule has 8 heavy (non-hydrogen) atoms. The molecular weight excluding hydrogens is 144 g/mol. The fourth-order valence-corrected chi connectivity index (χ4v) is 1.49. The van der Waals surface area contributed by atoms with E-state index < -0.39 is 21.6 Å². The smallest absolute Gasteiger partial charge is 0.0950 e. The molecule has 2 atom stereocenters. The minimum atomic E-state index is -1.14. The molecule has 0 aliphatic heterocycles. The molecule has 2 unspecified atom stereocenters. The average Bonchev–Trinajstić information content (AvgIpc) is 1.64. The second-order valence-corrected chi connectivity index (χ2v) is 4.34. The van der Waals surface area contributed by atoms with E-state index in [4.69, 9.17) is 0 Å². The van der Waals surface area contributed by atoms with E-state index >= 15 is 0 Å². The van der Waals surface area contributed by atoms with E-state index in [0.717, 1.165) is 0 Å². The Hall–Kier alpha value is 0.0400. The Bertz CT molecular complexity index is 134. The second-order valence-electron chi connectivity index (χ2n) is 1.28. The summed E-state index contributed by atoms with van der Waals surface area (Å²) < 4.78 is 21.1. The molecule has 0 fully saturated rings. The molecule has 0 amide bonds. The van der Waals surface area contributed by atoms with Gasteiger partial charge in [0.25, 0.3) is 0 Å². The Morgan fingerprint density at radius 2 is 1.50 bits per heavy atom. The molecule has 2 nitrogen and oxygen atoms in total. The summed E-state index contributed by atoms with van der Waals surface area (Å²) in [5.41, 5.74) is 0. The Morgan fingerprint density at radius 3 is 1.50 bits per heavy atom. The van der Waals surface area contributed by atoms with Crippen LogP contribution in [0.25, 0.3) is 0 Å². The Morgan fingerprint density at radius 1 is 1.25 bits per heavy atom. The van der Waals surface area contributed by atoms with Crippen LogP contribution >= 0.6 is 0 Å². The molecule has 0 saturated carbocycles. The molecule has 0 aromatic carbocycles.